The predicted octanol–water partition coefficient (Wildman–Crippen LogP) is 1.99. The Morgan fingerprint density at radius 2 is 1.85 bits per heavy atom. The molecule has 1 amide bonds. The van der Waals surface area contributed by atoms with Crippen LogP contribution in [-0.2, 0) is 6.61 Å². The topological polar surface area (TPSA) is 104 Å². The number of benzene rings is 2. The molecule has 136 valence electrons. The van der Waals surface area contributed by atoms with Crippen LogP contribution in [0.15, 0.2) is 76.4 Å². The van der Waals surface area contributed by atoms with Gasteiger partial charge in [-0.25, -0.2) is 5.43 Å². The average Bonchev–Trinajstić information content (AvgIpc) is 3.22. The van der Waals surface area contributed by atoms with E-state index >= 15 is 0 Å². The molecule has 0 saturated carbocycles. The number of nitrogens with zero attached hydrogens (tertiary/aromatic N) is 1. The molecular formula is C20H15N2O5-. The Hall–Kier alpha value is -3.87. The van der Waals surface area contributed by atoms with E-state index in [0.717, 1.165) is 5.56 Å². The monoisotopic (exact) mass is 363 g/mol. The molecule has 0 unspecified atom stereocenters. The number of rotatable bonds is 7. The van der Waals surface area contributed by atoms with E-state index in [1.807, 2.05) is 12.1 Å². The molecule has 7 nitrogen and oxygen atoms in total. The van der Waals surface area contributed by atoms with E-state index in [0.29, 0.717) is 11.3 Å². The maximum absolute atomic E-state index is 11.8. The summed E-state index contributed by atoms with van der Waals surface area (Å²) in [7, 11) is 0. The highest BCUT2D eigenvalue weighted by molar-refractivity contribution is 5.92. The number of hydrogen-bond donors (Lipinski definition) is 1. The summed E-state index contributed by atoms with van der Waals surface area (Å²) in [6, 6.07) is 16.6. The van der Waals surface area contributed by atoms with Gasteiger partial charge in [-0.3, -0.25) is 4.79 Å². The van der Waals surface area contributed by atoms with E-state index in [9.17, 15) is 14.7 Å². The third-order valence-corrected chi connectivity index (χ3v) is 3.62. The second kappa shape index (κ2) is 8.48. The normalized spacial score (nSPS) is 10.7. The minimum absolute atomic E-state index is 0.110. The molecule has 0 saturated heterocycles. The van der Waals surface area contributed by atoms with Crippen molar-refractivity contribution in [1.82, 2.24) is 5.43 Å². The number of carbonyl (C=O) groups excluding carboxylic acids is 2. The Balaban J connectivity index is 1.62. The van der Waals surface area contributed by atoms with Gasteiger partial charge in [0, 0.05) is 5.56 Å². The van der Waals surface area contributed by atoms with Crippen molar-refractivity contribution in [1.29, 1.82) is 0 Å². The summed E-state index contributed by atoms with van der Waals surface area (Å²) in [5, 5.41) is 14.7. The van der Waals surface area contributed by atoms with Gasteiger partial charge in [0.1, 0.15) is 12.4 Å². The fourth-order valence-electron chi connectivity index (χ4n) is 2.24. The Bertz CT molecular complexity index is 947. The van der Waals surface area contributed by atoms with Crippen LogP contribution >= 0.6 is 0 Å². The molecule has 0 spiro atoms. The zero-order valence-corrected chi connectivity index (χ0v) is 14.1. The van der Waals surface area contributed by atoms with Crippen molar-refractivity contribution < 1.29 is 23.8 Å². The number of carboxylic acid groups (broad SMARTS) is 1. The Morgan fingerprint density at radius 1 is 1.07 bits per heavy atom. The highest BCUT2D eigenvalue weighted by Crippen LogP contribution is 2.18. The van der Waals surface area contributed by atoms with Gasteiger partial charge in [-0.15, -0.1) is 0 Å². The van der Waals surface area contributed by atoms with Crippen LogP contribution in [0.1, 0.15) is 32.0 Å². The van der Waals surface area contributed by atoms with Gasteiger partial charge in [0.2, 0.25) is 0 Å². The van der Waals surface area contributed by atoms with E-state index < -0.39 is 11.9 Å². The van der Waals surface area contributed by atoms with Crippen molar-refractivity contribution in [2.24, 2.45) is 5.10 Å². The lowest BCUT2D eigenvalue weighted by molar-refractivity contribution is -0.255. The van der Waals surface area contributed by atoms with Crippen molar-refractivity contribution in [3.05, 3.63) is 89.4 Å². The van der Waals surface area contributed by atoms with Crippen molar-refractivity contribution in [2.75, 3.05) is 0 Å². The fraction of sp³-hybridized carbons (Fsp3) is 0.0500. The standard InChI is InChI=1S/C20H16N2O5/c23-19(18-6-3-11-26-18)22-21-12-16-4-1-2-5-17(16)27-13-14-7-9-15(10-8-14)20(24)25/h1-12H,13H2,(H,22,23)(H,24,25)/p-1/b21-12-. The molecule has 0 aliphatic carbocycles. The van der Waals surface area contributed by atoms with Crippen molar-refractivity contribution in [3.8, 4) is 5.75 Å². The lowest BCUT2D eigenvalue weighted by Crippen LogP contribution is -2.22. The largest absolute Gasteiger partial charge is 0.545 e. The molecule has 0 bridgehead atoms. The predicted molar refractivity (Wildman–Crippen MR) is 95.3 cm³/mol. The summed E-state index contributed by atoms with van der Waals surface area (Å²) >= 11 is 0. The minimum Gasteiger partial charge on any atom is -0.545 e. The lowest BCUT2D eigenvalue weighted by Gasteiger charge is -2.10. The highest BCUT2D eigenvalue weighted by Gasteiger charge is 2.06. The maximum atomic E-state index is 11.8. The molecule has 1 N–H and O–H groups in total. The van der Waals surface area contributed by atoms with Crippen LogP contribution in [0.25, 0.3) is 0 Å². The van der Waals surface area contributed by atoms with Gasteiger partial charge >= 0.3 is 5.91 Å². The first-order valence-corrected chi connectivity index (χ1v) is 8.02. The number of carboxylic acids is 1. The van der Waals surface area contributed by atoms with Crippen LogP contribution in [0.3, 0.4) is 0 Å². The molecule has 1 heterocycles. The number of amides is 1. The molecular weight excluding hydrogens is 348 g/mol. The summed E-state index contributed by atoms with van der Waals surface area (Å²) in [6.45, 7) is 0.247. The molecule has 0 atom stereocenters. The van der Waals surface area contributed by atoms with Crippen molar-refractivity contribution in [2.45, 2.75) is 6.61 Å². The Labute approximate surface area is 154 Å². The van der Waals surface area contributed by atoms with E-state index in [2.05, 4.69) is 10.5 Å². The third kappa shape index (κ3) is 4.82. The van der Waals surface area contributed by atoms with E-state index in [1.165, 1.54) is 30.7 Å². The summed E-state index contributed by atoms with van der Waals surface area (Å²) in [5.74, 6) is -0.947. The third-order valence-electron chi connectivity index (χ3n) is 3.62. The molecule has 0 aliphatic rings. The van der Waals surface area contributed by atoms with Gasteiger partial charge in [0.15, 0.2) is 5.76 Å². The molecule has 7 heteroatoms. The first-order chi connectivity index (χ1) is 13.1. The maximum Gasteiger partial charge on any atom is 0.307 e. The minimum atomic E-state index is -1.22. The average molecular weight is 363 g/mol. The zero-order chi connectivity index (χ0) is 19.1. The molecule has 27 heavy (non-hydrogen) atoms. The van der Waals surface area contributed by atoms with Crippen LogP contribution < -0.4 is 15.3 Å². The fourth-order valence-corrected chi connectivity index (χ4v) is 2.24. The number of furan rings is 1. The second-order valence-corrected chi connectivity index (χ2v) is 5.49. The highest BCUT2D eigenvalue weighted by atomic mass is 16.5. The first-order valence-electron chi connectivity index (χ1n) is 8.02. The number of para-hydroxylation sites is 1. The van der Waals surface area contributed by atoms with Crippen molar-refractivity contribution >= 4 is 18.1 Å². The molecule has 0 radical (unpaired) electrons. The summed E-state index contributed by atoms with van der Waals surface area (Å²) in [5.41, 5.74) is 3.95. The van der Waals surface area contributed by atoms with Gasteiger partial charge in [0.05, 0.1) is 18.4 Å². The molecule has 0 aliphatic heterocycles. The Kier molecular flexibility index (Phi) is 5.64. The molecule has 3 rings (SSSR count). The van der Waals surface area contributed by atoms with Gasteiger partial charge < -0.3 is 19.1 Å². The van der Waals surface area contributed by atoms with Crippen molar-refractivity contribution in [3.63, 3.8) is 0 Å². The molecule has 2 aromatic carbocycles. The number of hydrazone groups is 1. The summed E-state index contributed by atoms with van der Waals surface area (Å²) in [4.78, 5) is 22.5. The summed E-state index contributed by atoms with van der Waals surface area (Å²) < 4.78 is 10.7. The van der Waals surface area contributed by atoms with Gasteiger partial charge in [0.25, 0.3) is 0 Å². The van der Waals surface area contributed by atoms with Crippen LogP contribution in [0, 0.1) is 0 Å². The van der Waals surface area contributed by atoms with E-state index in [1.54, 1.807) is 30.3 Å². The van der Waals surface area contributed by atoms with E-state index in [-0.39, 0.29) is 17.9 Å². The Morgan fingerprint density at radius 3 is 2.56 bits per heavy atom. The zero-order valence-electron chi connectivity index (χ0n) is 14.1. The van der Waals surface area contributed by atoms with Gasteiger partial charge in [-0.1, -0.05) is 36.4 Å². The number of ether oxygens (including phenoxy) is 1. The van der Waals surface area contributed by atoms with E-state index in [4.69, 9.17) is 9.15 Å². The quantitative estimate of drug-likeness (QED) is 0.511. The number of hydrogen-bond acceptors (Lipinski definition) is 6. The lowest BCUT2D eigenvalue weighted by atomic mass is 10.1. The van der Waals surface area contributed by atoms with Crippen LogP contribution in [0.4, 0.5) is 0 Å². The smallest absolute Gasteiger partial charge is 0.307 e. The molecule has 3 aromatic rings. The SMILES string of the molecule is O=C([O-])c1ccc(COc2ccccc2/C=N\NC(=O)c2ccco2)cc1. The number of aromatic carboxylic acids is 1. The van der Waals surface area contributed by atoms with Gasteiger partial charge in [-0.2, -0.15) is 5.10 Å². The van der Waals surface area contributed by atoms with Crippen LogP contribution in [0.5, 0.6) is 5.75 Å². The summed E-state index contributed by atoms with van der Waals surface area (Å²) in [6.07, 6.45) is 2.87. The van der Waals surface area contributed by atoms with Crippen LogP contribution in [0.2, 0.25) is 0 Å². The molecule has 0 fully saturated rings. The number of carbonyl (C=O) groups is 2. The second-order valence-electron chi connectivity index (χ2n) is 5.49. The molecule has 1 aromatic heterocycles. The first kappa shape index (κ1) is 17.9. The number of nitrogens with one attached hydrogen (secondary N) is 1. The van der Waals surface area contributed by atoms with Crippen LogP contribution in [-0.4, -0.2) is 18.1 Å². The van der Waals surface area contributed by atoms with Gasteiger partial charge in [-0.05, 0) is 35.4 Å².